The van der Waals surface area contributed by atoms with E-state index in [2.05, 4.69) is 10.6 Å². The van der Waals surface area contributed by atoms with E-state index in [-0.39, 0.29) is 22.5 Å². The quantitative estimate of drug-likeness (QED) is 0.800. The van der Waals surface area contributed by atoms with Crippen LogP contribution in [0.2, 0.25) is 5.02 Å². The second-order valence-corrected chi connectivity index (χ2v) is 4.34. The van der Waals surface area contributed by atoms with Crippen LogP contribution in [0.3, 0.4) is 0 Å². The van der Waals surface area contributed by atoms with Crippen molar-refractivity contribution in [3.8, 4) is 0 Å². The predicted octanol–water partition coefficient (Wildman–Crippen LogP) is 2.17. The third-order valence-corrected chi connectivity index (χ3v) is 2.96. The van der Waals surface area contributed by atoms with Gasteiger partial charge < -0.3 is 10.6 Å². The minimum absolute atomic E-state index is 0.137. The molecule has 2 rings (SSSR count). The van der Waals surface area contributed by atoms with Crippen LogP contribution in [0.25, 0.3) is 0 Å². The van der Waals surface area contributed by atoms with Gasteiger partial charge in [0.15, 0.2) is 11.6 Å². The van der Waals surface area contributed by atoms with Crippen molar-refractivity contribution in [2.45, 2.75) is 6.42 Å². The number of nitrogens with one attached hydrogen (secondary N) is 2. The van der Waals surface area contributed by atoms with Crippen LogP contribution in [0.1, 0.15) is 6.42 Å². The molecular formula is C11H11ClF2N2O. The van der Waals surface area contributed by atoms with Crippen LogP contribution in [0.15, 0.2) is 12.1 Å². The molecule has 6 heteroatoms. The van der Waals surface area contributed by atoms with Gasteiger partial charge in [-0.15, -0.1) is 0 Å². The highest BCUT2D eigenvalue weighted by atomic mass is 35.5. The topological polar surface area (TPSA) is 41.1 Å². The summed E-state index contributed by atoms with van der Waals surface area (Å²) in [6, 6.07) is 2.11. The second kappa shape index (κ2) is 4.98. The summed E-state index contributed by atoms with van der Waals surface area (Å²) in [7, 11) is 0. The molecule has 1 aliphatic rings. The van der Waals surface area contributed by atoms with Gasteiger partial charge in [-0.25, -0.2) is 8.78 Å². The first-order valence-electron chi connectivity index (χ1n) is 5.24. The van der Waals surface area contributed by atoms with Crippen molar-refractivity contribution in [1.82, 2.24) is 5.32 Å². The lowest BCUT2D eigenvalue weighted by atomic mass is 10.1. The molecule has 3 nitrogen and oxygen atoms in total. The number of anilines is 1. The second-order valence-electron chi connectivity index (χ2n) is 3.93. The fourth-order valence-corrected chi connectivity index (χ4v) is 1.96. The average molecular weight is 261 g/mol. The molecule has 1 fully saturated rings. The molecule has 1 aromatic carbocycles. The van der Waals surface area contributed by atoms with Crippen LogP contribution >= 0.6 is 11.6 Å². The van der Waals surface area contributed by atoms with Crippen LogP contribution in [0, 0.1) is 17.6 Å². The summed E-state index contributed by atoms with van der Waals surface area (Å²) < 4.78 is 26.0. The van der Waals surface area contributed by atoms with Crippen LogP contribution in [-0.2, 0) is 4.79 Å². The Kier molecular flexibility index (Phi) is 3.59. The zero-order valence-electron chi connectivity index (χ0n) is 8.90. The highest BCUT2D eigenvalue weighted by Crippen LogP contribution is 2.23. The molecule has 1 heterocycles. The molecule has 1 aromatic rings. The lowest BCUT2D eigenvalue weighted by Gasteiger charge is -2.10. The highest BCUT2D eigenvalue weighted by Gasteiger charge is 2.22. The van der Waals surface area contributed by atoms with E-state index in [1.165, 1.54) is 6.07 Å². The lowest BCUT2D eigenvalue weighted by molar-refractivity contribution is -0.119. The first-order valence-corrected chi connectivity index (χ1v) is 5.62. The van der Waals surface area contributed by atoms with E-state index in [0.717, 1.165) is 19.0 Å². The molecule has 1 amide bonds. The van der Waals surface area contributed by atoms with Crippen LogP contribution in [-0.4, -0.2) is 19.0 Å². The number of amides is 1. The maximum Gasteiger partial charge on any atom is 0.228 e. The Balaban J connectivity index is 2.10. The standard InChI is InChI=1S/C11H11ClF2N2O/c12-8-3-7(4-9(13)10(8)14)16-11(17)6-1-2-15-5-6/h3-4,6,15H,1-2,5H2,(H,16,17). The number of hydrogen-bond acceptors (Lipinski definition) is 2. The van der Waals surface area contributed by atoms with Crippen LogP contribution in [0.4, 0.5) is 14.5 Å². The van der Waals surface area contributed by atoms with Gasteiger partial charge in [0.2, 0.25) is 5.91 Å². The Bertz CT molecular complexity index is 424. The third kappa shape index (κ3) is 2.73. The van der Waals surface area contributed by atoms with Crippen molar-refractivity contribution in [3.05, 3.63) is 28.8 Å². The smallest absolute Gasteiger partial charge is 0.228 e. The number of benzene rings is 1. The van der Waals surface area contributed by atoms with Gasteiger partial charge >= 0.3 is 0 Å². The van der Waals surface area contributed by atoms with E-state index in [1.807, 2.05) is 0 Å². The zero-order chi connectivity index (χ0) is 12.4. The van der Waals surface area contributed by atoms with Gasteiger partial charge in [0.25, 0.3) is 0 Å². The van der Waals surface area contributed by atoms with Crippen molar-refractivity contribution in [3.63, 3.8) is 0 Å². The zero-order valence-corrected chi connectivity index (χ0v) is 9.65. The molecule has 1 unspecified atom stereocenters. The molecule has 0 aromatic heterocycles. The van der Waals surface area contributed by atoms with E-state index in [9.17, 15) is 13.6 Å². The summed E-state index contributed by atoms with van der Waals surface area (Å²) in [6.07, 6.45) is 0.739. The first-order chi connectivity index (χ1) is 8.08. The maximum absolute atomic E-state index is 13.0. The molecule has 0 saturated carbocycles. The Morgan fingerprint density at radius 1 is 1.47 bits per heavy atom. The maximum atomic E-state index is 13.0. The fraction of sp³-hybridized carbons (Fsp3) is 0.364. The molecule has 2 N–H and O–H groups in total. The van der Waals surface area contributed by atoms with Crippen LogP contribution in [0.5, 0.6) is 0 Å². The van der Waals surface area contributed by atoms with Gasteiger partial charge in [0.05, 0.1) is 10.9 Å². The van der Waals surface area contributed by atoms with E-state index in [4.69, 9.17) is 11.6 Å². The number of rotatable bonds is 2. The summed E-state index contributed by atoms with van der Waals surface area (Å²) in [5.41, 5.74) is 0.172. The molecule has 0 aliphatic carbocycles. The van der Waals surface area contributed by atoms with Crippen molar-refractivity contribution >= 4 is 23.2 Å². The van der Waals surface area contributed by atoms with Crippen molar-refractivity contribution in [1.29, 1.82) is 0 Å². The average Bonchev–Trinajstić information content (AvgIpc) is 2.79. The van der Waals surface area contributed by atoms with Gasteiger partial charge in [-0.3, -0.25) is 4.79 Å². The summed E-state index contributed by atoms with van der Waals surface area (Å²) in [4.78, 5) is 11.7. The number of hydrogen-bond donors (Lipinski definition) is 2. The van der Waals surface area contributed by atoms with Crippen LogP contribution < -0.4 is 10.6 Å². The van der Waals surface area contributed by atoms with E-state index >= 15 is 0 Å². The molecule has 1 aliphatic heterocycles. The predicted molar refractivity (Wildman–Crippen MR) is 61.0 cm³/mol. The SMILES string of the molecule is O=C(Nc1cc(F)c(F)c(Cl)c1)C1CCNC1. The van der Waals surface area contributed by atoms with Gasteiger partial charge in [-0.1, -0.05) is 11.6 Å². The summed E-state index contributed by atoms with van der Waals surface area (Å²) in [5.74, 6) is -2.52. The molecule has 17 heavy (non-hydrogen) atoms. The molecule has 1 atom stereocenters. The lowest BCUT2D eigenvalue weighted by Crippen LogP contribution is -2.24. The minimum atomic E-state index is -1.10. The molecule has 0 spiro atoms. The van der Waals surface area contributed by atoms with E-state index in [1.54, 1.807) is 0 Å². The summed E-state index contributed by atoms with van der Waals surface area (Å²) in [5, 5.41) is 5.23. The Morgan fingerprint density at radius 3 is 2.82 bits per heavy atom. The van der Waals surface area contributed by atoms with Gasteiger partial charge in [0.1, 0.15) is 0 Å². The summed E-state index contributed by atoms with van der Waals surface area (Å²) >= 11 is 5.48. The van der Waals surface area contributed by atoms with Gasteiger partial charge in [-0.05, 0) is 19.0 Å². The van der Waals surface area contributed by atoms with Crippen molar-refractivity contribution < 1.29 is 13.6 Å². The monoisotopic (exact) mass is 260 g/mol. The largest absolute Gasteiger partial charge is 0.326 e. The fourth-order valence-electron chi connectivity index (χ4n) is 1.75. The molecule has 92 valence electrons. The van der Waals surface area contributed by atoms with Crippen molar-refractivity contribution in [2.75, 3.05) is 18.4 Å². The molecule has 0 radical (unpaired) electrons. The Morgan fingerprint density at radius 2 is 2.24 bits per heavy atom. The Hall–Kier alpha value is -1.20. The summed E-state index contributed by atoms with van der Waals surface area (Å²) in [6.45, 7) is 1.39. The van der Waals surface area contributed by atoms with Crippen molar-refractivity contribution in [2.24, 2.45) is 5.92 Å². The number of carbonyl (C=O) groups is 1. The number of carbonyl (C=O) groups excluding carboxylic acids is 1. The molecular weight excluding hydrogens is 250 g/mol. The highest BCUT2D eigenvalue weighted by molar-refractivity contribution is 6.31. The normalized spacial score (nSPS) is 19.4. The van der Waals surface area contributed by atoms with E-state index in [0.29, 0.717) is 6.54 Å². The van der Waals surface area contributed by atoms with E-state index < -0.39 is 11.6 Å². The minimum Gasteiger partial charge on any atom is -0.326 e. The Labute approximate surface area is 102 Å². The molecule has 0 bridgehead atoms. The van der Waals surface area contributed by atoms with Gasteiger partial charge in [0, 0.05) is 18.3 Å². The van der Waals surface area contributed by atoms with Gasteiger partial charge in [-0.2, -0.15) is 0 Å². The third-order valence-electron chi connectivity index (χ3n) is 2.68. The molecule has 1 saturated heterocycles. The first kappa shape index (κ1) is 12.3. The number of halogens is 3.